The van der Waals surface area contributed by atoms with Gasteiger partial charge in [-0.2, -0.15) is 11.8 Å². The minimum atomic E-state index is 0.117. The van der Waals surface area contributed by atoms with Crippen molar-refractivity contribution in [3.8, 4) is 0 Å². The van der Waals surface area contributed by atoms with Crippen molar-refractivity contribution in [2.24, 2.45) is 0 Å². The molecule has 1 amide bonds. The standard InChI is InChI=1S/C19H22BrNOS2/c1-15-5-7-16(8-6-15)12-23-10-9-21-19(22)14-24-13-17-3-2-4-18(20)11-17/h2-8,11H,9-10,12-14H2,1H3,(H,21,22). The molecule has 5 heteroatoms. The van der Waals surface area contributed by atoms with Crippen LogP contribution in [0.5, 0.6) is 0 Å². The Kier molecular flexibility index (Phi) is 8.78. The van der Waals surface area contributed by atoms with Gasteiger partial charge in [-0.3, -0.25) is 4.79 Å². The van der Waals surface area contributed by atoms with Crippen molar-refractivity contribution in [2.75, 3.05) is 18.1 Å². The number of rotatable bonds is 9. The van der Waals surface area contributed by atoms with Gasteiger partial charge in [-0.1, -0.05) is 57.9 Å². The van der Waals surface area contributed by atoms with Crippen LogP contribution in [0.25, 0.3) is 0 Å². The summed E-state index contributed by atoms with van der Waals surface area (Å²) in [4.78, 5) is 11.8. The first-order valence-corrected chi connectivity index (χ1v) is 11.0. The van der Waals surface area contributed by atoms with E-state index in [2.05, 4.69) is 64.6 Å². The van der Waals surface area contributed by atoms with Gasteiger partial charge in [0.1, 0.15) is 0 Å². The van der Waals surface area contributed by atoms with E-state index in [1.807, 2.05) is 23.9 Å². The zero-order valence-corrected chi connectivity index (χ0v) is 17.0. The molecule has 0 radical (unpaired) electrons. The molecule has 0 heterocycles. The number of carbonyl (C=O) groups is 1. The minimum absolute atomic E-state index is 0.117. The van der Waals surface area contributed by atoms with Crippen LogP contribution in [-0.4, -0.2) is 24.0 Å². The summed E-state index contributed by atoms with van der Waals surface area (Å²) in [5.74, 6) is 3.42. The normalized spacial score (nSPS) is 10.6. The third-order valence-corrected chi connectivity index (χ3v) is 5.88. The molecule has 0 unspecified atom stereocenters. The smallest absolute Gasteiger partial charge is 0.230 e. The van der Waals surface area contributed by atoms with E-state index in [0.29, 0.717) is 5.75 Å². The lowest BCUT2D eigenvalue weighted by Gasteiger charge is -2.06. The first kappa shape index (κ1) is 19.4. The van der Waals surface area contributed by atoms with Crippen LogP contribution in [0.2, 0.25) is 0 Å². The monoisotopic (exact) mass is 423 g/mol. The Morgan fingerprint density at radius 1 is 1.04 bits per heavy atom. The van der Waals surface area contributed by atoms with Crippen molar-refractivity contribution >= 4 is 45.4 Å². The SMILES string of the molecule is Cc1ccc(CSCCNC(=O)CSCc2cccc(Br)c2)cc1. The van der Waals surface area contributed by atoms with Gasteiger partial charge in [-0.25, -0.2) is 0 Å². The molecular formula is C19H22BrNOS2. The van der Waals surface area contributed by atoms with Gasteiger partial charge in [0, 0.05) is 28.3 Å². The Balaban J connectivity index is 1.52. The van der Waals surface area contributed by atoms with Crippen LogP contribution >= 0.6 is 39.5 Å². The maximum Gasteiger partial charge on any atom is 0.230 e. The summed E-state index contributed by atoms with van der Waals surface area (Å²) in [6.07, 6.45) is 0. The minimum Gasteiger partial charge on any atom is -0.355 e. The molecule has 0 spiro atoms. The first-order valence-electron chi connectivity index (χ1n) is 7.85. The van der Waals surface area contributed by atoms with Gasteiger partial charge in [0.15, 0.2) is 0 Å². The summed E-state index contributed by atoms with van der Waals surface area (Å²) in [6.45, 7) is 2.83. The zero-order valence-electron chi connectivity index (χ0n) is 13.8. The zero-order chi connectivity index (χ0) is 17.2. The maximum absolute atomic E-state index is 11.8. The summed E-state index contributed by atoms with van der Waals surface area (Å²) < 4.78 is 1.08. The van der Waals surface area contributed by atoms with Crippen molar-refractivity contribution in [1.29, 1.82) is 0 Å². The van der Waals surface area contributed by atoms with Gasteiger partial charge in [0.25, 0.3) is 0 Å². The Hall–Kier alpha value is -0.910. The fourth-order valence-corrected chi connectivity index (χ4v) is 4.15. The van der Waals surface area contributed by atoms with Crippen LogP contribution < -0.4 is 5.32 Å². The van der Waals surface area contributed by atoms with Gasteiger partial charge in [0.05, 0.1) is 5.75 Å². The summed E-state index contributed by atoms with van der Waals surface area (Å²) in [6, 6.07) is 16.8. The molecule has 1 N–H and O–H groups in total. The van der Waals surface area contributed by atoms with Gasteiger partial charge < -0.3 is 5.32 Å². The molecule has 24 heavy (non-hydrogen) atoms. The van der Waals surface area contributed by atoms with E-state index >= 15 is 0 Å². The highest BCUT2D eigenvalue weighted by Gasteiger charge is 2.02. The average molecular weight is 424 g/mol. The van der Waals surface area contributed by atoms with Crippen molar-refractivity contribution in [2.45, 2.75) is 18.4 Å². The van der Waals surface area contributed by atoms with Crippen LogP contribution in [0.3, 0.4) is 0 Å². The molecule has 0 aliphatic carbocycles. The van der Waals surface area contributed by atoms with E-state index in [1.165, 1.54) is 16.7 Å². The van der Waals surface area contributed by atoms with Gasteiger partial charge >= 0.3 is 0 Å². The van der Waals surface area contributed by atoms with E-state index < -0.39 is 0 Å². The van der Waals surface area contributed by atoms with E-state index in [0.717, 1.165) is 28.3 Å². The van der Waals surface area contributed by atoms with Crippen LogP contribution in [0.15, 0.2) is 53.0 Å². The third-order valence-electron chi connectivity index (χ3n) is 3.35. The van der Waals surface area contributed by atoms with E-state index in [4.69, 9.17) is 0 Å². The summed E-state index contributed by atoms with van der Waals surface area (Å²) in [7, 11) is 0. The molecule has 0 aliphatic rings. The number of amides is 1. The number of thioether (sulfide) groups is 2. The van der Waals surface area contributed by atoms with Crippen LogP contribution in [0.1, 0.15) is 16.7 Å². The number of benzene rings is 2. The number of hydrogen-bond acceptors (Lipinski definition) is 3. The number of nitrogens with one attached hydrogen (secondary N) is 1. The molecule has 0 fully saturated rings. The lowest BCUT2D eigenvalue weighted by atomic mass is 10.2. The second-order valence-electron chi connectivity index (χ2n) is 5.51. The number of halogens is 1. The predicted octanol–water partition coefficient (Wildman–Crippen LogP) is 5.04. The third kappa shape index (κ3) is 7.77. The predicted molar refractivity (Wildman–Crippen MR) is 111 cm³/mol. The van der Waals surface area contributed by atoms with E-state index in [-0.39, 0.29) is 5.91 Å². The highest BCUT2D eigenvalue weighted by molar-refractivity contribution is 9.10. The Labute approximate surface area is 161 Å². The molecule has 2 aromatic rings. The Bertz CT molecular complexity index is 646. The second kappa shape index (κ2) is 10.9. The molecule has 0 saturated carbocycles. The second-order valence-corrected chi connectivity index (χ2v) is 8.52. The van der Waals surface area contributed by atoms with Crippen molar-refractivity contribution in [3.05, 3.63) is 69.7 Å². The van der Waals surface area contributed by atoms with Crippen molar-refractivity contribution in [3.63, 3.8) is 0 Å². The maximum atomic E-state index is 11.8. The molecule has 0 atom stereocenters. The van der Waals surface area contributed by atoms with Crippen LogP contribution in [-0.2, 0) is 16.3 Å². The highest BCUT2D eigenvalue weighted by Crippen LogP contribution is 2.17. The first-order chi connectivity index (χ1) is 11.6. The molecule has 0 aromatic heterocycles. The Morgan fingerprint density at radius 2 is 1.79 bits per heavy atom. The highest BCUT2D eigenvalue weighted by atomic mass is 79.9. The topological polar surface area (TPSA) is 29.1 Å². The fourth-order valence-electron chi connectivity index (χ4n) is 2.08. The summed E-state index contributed by atoms with van der Waals surface area (Å²) in [5, 5.41) is 2.99. The van der Waals surface area contributed by atoms with Gasteiger partial charge in [-0.15, -0.1) is 11.8 Å². The molecule has 0 bridgehead atoms. The summed E-state index contributed by atoms with van der Waals surface area (Å²) >= 11 is 6.96. The fraction of sp³-hybridized carbons (Fsp3) is 0.316. The lowest BCUT2D eigenvalue weighted by Crippen LogP contribution is -2.27. The van der Waals surface area contributed by atoms with Crippen LogP contribution in [0.4, 0.5) is 0 Å². The molecule has 0 aliphatic heterocycles. The molecule has 2 rings (SSSR count). The molecule has 2 aromatic carbocycles. The number of carbonyl (C=O) groups excluding carboxylic acids is 1. The molecular weight excluding hydrogens is 402 g/mol. The van der Waals surface area contributed by atoms with E-state index in [9.17, 15) is 4.79 Å². The van der Waals surface area contributed by atoms with Gasteiger partial charge in [-0.05, 0) is 30.2 Å². The quantitative estimate of drug-likeness (QED) is 0.572. The largest absolute Gasteiger partial charge is 0.355 e. The molecule has 128 valence electrons. The Morgan fingerprint density at radius 3 is 2.54 bits per heavy atom. The van der Waals surface area contributed by atoms with E-state index in [1.54, 1.807) is 11.8 Å². The van der Waals surface area contributed by atoms with Crippen LogP contribution in [0, 0.1) is 6.92 Å². The summed E-state index contributed by atoms with van der Waals surface area (Å²) in [5.41, 5.74) is 3.86. The molecule has 0 saturated heterocycles. The van der Waals surface area contributed by atoms with Crippen molar-refractivity contribution < 1.29 is 4.79 Å². The van der Waals surface area contributed by atoms with Crippen molar-refractivity contribution in [1.82, 2.24) is 5.32 Å². The van der Waals surface area contributed by atoms with Gasteiger partial charge in [0.2, 0.25) is 5.91 Å². The molecule has 2 nitrogen and oxygen atoms in total. The number of aryl methyl sites for hydroxylation is 1. The lowest BCUT2D eigenvalue weighted by molar-refractivity contribution is -0.118. The average Bonchev–Trinajstić information content (AvgIpc) is 2.56. The number of hydrogen-bond donors (Lipinski definition) is 1.